The van der Waals surface area contributed by atoms with E-state index in [1.54, 1.807) is 22.8 Å². The number of ketones is 1. The smallest absolute Gasteiger partial charge is 0.176 e. The van der Waals surface area contributed by atoms with Crippen molar-refractivity contribution in [1.82, 2.24) is 14.7 Å². The summed E-state index contributed by atoms with van der Waals surface area (Å²) in [5.41, 5.74) is 1.15. The van der Waals surface area contributed by atoms with E-state index in [4.69, 9.17) is 0 Å². The third-order valence-electron chi connectivity index (χ3n) is 2.87. The second-order valence-electron chi connectivity index (χ2n) is 4.75. The van der Waals surface area contributed by atoms with E-state index in [2.05, 4.69) is 5.10 Å². The molecule has 4 nitrogen and oxygen atoms in total. The zero-order chi connectivity index (χ0) is 14.7. The van der Waals surface area contributed by atoms with Gasteiger partial charge >= 0.3 is 0 Å². The van der Waals surface area contributed by atoms with Crippen LogP contribution in [0.1, 0.15) is 15.9 Å². The lowest BCUT2D eigenvalue weighted by Crippen LogP contribution is -2.25. The SMILES string of the molecule is CN(CC(=O)c1ccc(F)c(F)c1)Cc1cnn(C)c1. The second-order valence-corrected chi connectivity index (χ2v) is 4.75. The third kappa shape index (κ3) is 3.48. The van der Waals surface area contributed by atoms with E-state index in [-0.39, 0.29) is 17.9 Å². The van der Waals surface area contributed by atoms with Gasteiger partial charge in [-0.05, 0) is 25.2 Å². The van der Waals surface area contributed by atoms with Crippen LogP contribution in [0.25, 0.3) is 0 Å². The van der Waals surface area contributed by atoms with Gasteiger partial charge in [0, 0.05) is 30.9 Å². The minimum absolute atomic E-state index is 0.125. The Kier molecular flexibility index (Phi) is 4.24. The van der Waals surface area contributed by atoms with Crippen LogP contribution in [0.4, 0.5) is 8.78 Å². The number of Topliss-reactive ketones (excluding diaryl/α,β-unsaturated/α-hetero) is 1. The number of aryl methyl sites for hydroxylation is 1. The first-order chi connectivity index (χ1) is 9.45. The Labute approximate surface area is 115 Å². The van der Waals surface area contributed by atoms with E-state index in [1.807, 2.05) is 13.2 Å². The standard InChI is InChI=1S/C14H15F2N3O/c1-18(7-10-6-17-19(2)8-10)9-14(20)11-3-4-12(15)13(16)5-11/h3-6,8H,7,9H2,1-2H3. The van der Waals surface area contributed by atoms with Crippen molar-refractivity contribution in [3.63, 3.8) is 0 Å². The summed E-state index contributed by atoms with van der Waals surface area (Å²) in [5, 5.41) is 4.04. The molecule has 0 saturated heterocycles. The van der Waals surface area contributed by atoms with Crippen LogP contribution >= 0.6 is 0 Å². The summed E-state index contributed by atoms with van der Waals surface area (Å²) in [6, 6.07) is 3.18. The minimum atomic E-state index is -1.01. The lowest BCUT2D eigenvalue weighted by atomic mass is 10.1. The molecule has 1 aromatic carbocycles. The van der Waals surface area contributed by atoms with Crippen molar-refractivity contribution in [2.45, 2.75) is 6.54 Å². The molecule has 106 valence electrons. The largest absolute Gasteiger partial charge is 0.294 e. The van der Waals surface area contributed by atoms with Gasteiger partial charge in [-0.15, -0.1) is 0 Å². The maximum absolute atomic E-state index is 13.1. The summed E-state index contributed by atoms with van der Waals surface area (Å²) in [6.07, 6.45) is 3.58. The molecule has 0 spiro atoms. The number of hydrogen-bond acceptors (Lipinski definition) is 3. The van der Waals surface area contributed by atoms with E-state index >= 15 is 0 Å². The highest BCUT2D eigenvalue weighted by Gasteiger charge is 2.12. The van der Waals surface area contributed by atoms with E-state index < -0.39 is 11.6 Å². The Hall–Kier alpha value is -2.08. The van der Waals surface area contributed by atoms with Gasteiger partial charge in [-0.2, -0.15) is 5.10 Å². The molecule has 0 saturated carbocycles. The van der Waals surface area contributed by atoms with Crippen molar-refractivity contribution in [3.8, 4) is 0 Å². The molecule has 0 atom stereocenters. The molecule has 2 aromatic rings. The highest BCUT2D eigenvalue weighted by molar-refractivity contribution is 5.97. The fourth-order valence-electron chi connectivity index (χ4n) is 1.93. The maximum atomic E-state index is 13.1. The molecule has 0 unspecified atom stereocenters. The van der Waals surface area contributed by atoms with E-state index in [9.17, 15) is 13.6 Å². The lowest BCUT2D eigenvalue weighted by Gasteiger charge is -2.14. The van der Waals surface area contributed by atoms with Gasteiger partial charge in [-0.25, -0.2) is 8.78 Å². The lowest BCUT2D eigenvalue weighted by molar-refractivity contribution is 0.0942. The van der Waals surface area contributed by atoms with Crippen molar-refractivity contribution in [2.75, 3.05) is 13.6 Å². The molecular weight excluding hydrogens is 264 g/mol. The number of rotatable bonds is 5. The third-order valence-corrected chi connectivity index (χ3v) is 2.87. The summed E-state index contributed by atoms with van der Waals surface area (Å²) in [7, 11) is 3.60. The average molecular weight is 279 g/mol. The van der Waals surface area contributed by atoms with Crippen LogP contribution in [0.3, 0.4) is 0 Å². The van der Waals surface area contributed by atoms with Gasteiger partial charge in [0.25, 0.3) is 0 Å². The van der Waals surface area contributed by atoms with E-state index in [0.29, 0.717) is 6.54 Å². The molecule has 2 rings (SSSR count). The zero-order valence-corrected chi connectivity index (χ0v) is 11.3. The first kappa shape index (κ1) is 14.3. The van der Waals surface area contributed by atoms with Crippen LogP contribution in [0, 0.1) is 11.6 Å². The molecule has 0 aliphatic rings. The van der Waals surface area contributed by atoms with Crippen LogP contribution in [-0.2, 0) is 13.6 Å². The van der Waals surface area contributed by atoms with Crippen molar-refractivity contribution >= 4 is 5.78 Å². The molecule has 0 fully saturated rings. The number of halogens is 2. The molecule has 0 aliphatic heterocycles. The number of likely N-dealkylation sites (N-methyl/N-ethyl adjacent to an activating group) is 1. The Morgan fingerprint density at radius 3 is 2.70 bits per heavy atom. The van der Waals surface area contributed by atoms with Crippen molar-refractivity contribution in [2.24, 2.45) is 7.05 Å². The van der Waals surface area contributed by atoms with Gasteiger partial charge in [-0.3, -0.25) is 14.4 Å². The molecule has 0 aliphatic carbocycles. The summed E-state index contributed by atoms with van der Waals surface area (Å²) >= 11 is 0. The normalized spacial score (nSPS) is 11.1. The summed E-state index contributed by atoms with van der Waals surface area (Å²) in [4.78, 5) is 13.8. The molecule has 1 aromatic heterocycles. The Morgan fingerprint density at radius 2 is 2.10 bits per heavy atom. The number of carbonyl (C=O) groups is 1. The number of aromatic nitrogens is 2. The molecular formula is C14H15F2N3O. The Morgan fingerprint density at radius 1 is 1.35 bits per heavy atom. The van der Waals surface area contributed by atoms with Gasteiger partial charge in [0.2, 0.25) is 0 Å². The maximum Gasteiger partial charge on any atom is 0.176 e. The fourth-order valence-corrected chi connectivity index (χ4v) is 1.93. The Bertz CT molecular complexity index is 625. The molecule has 1 heterocycles. The van der Waals surface area contributed by atoms with Gasteiger partial charge < -0.3 is 0 Å². The summed E-state index contributed by atoms with van der Waals surface area (Å²) < 4.78 is 27.6. The van der Waals surface area contributed by atoms with Crippen LogP contribution in [0.5, 0.6) is 0 Å². The molecule has 20 heavy (non-hydrogen) atoms. The molecule has 0 N–H and O–H groups in total. The second kappa shape index (κ2) is 5.92. The van der Waals surface area contributed by atoms with Crippen molar-refractivity contribution < 1.29 is 13.6 Å². The molecule has 0 bridgehead atoms. The monoisotopic (exact) mass is 279 g/mol. The minimum Gasteiger partial charge on any atom is -0.294 e. The van der Waals surface area contributed by atoms with Crippen LogP contribution in [-0.4, -0.2) is 34.1 Å². The predicted octanol–water partition coefficient (Wildman–Crippen LogP) is 2.01. The quantitative estimate of drug-likeness (QED) is 0.786. The molecule has 0 radical (unpaired) electrons. The molecule has 6 heteroatoms. The fraction of sp³-hybridized carbons (Fsp3) is 0.286. The van der Waals surface area contributed by atoms with Gasteiger partial charge in [0.15, 0.2) is 17.4 Å². The van der Waals surface area contributed by atoms with Crippen LogP contribution in [0.2, 0.25) is 0 Å². The van der Waals surface area contributed by atoms with Crippen LogP contribution < -0.4 is 0 Å². The van der Waals surface area contributed by atoms with Gasteiger partial charge in [-0.1, -0.05) is 0 Å². The number of hydrogen-bond donors (Lipinski definition) is 0. The topological polar surface area (TPSA) is 38.1 Å². The first-order valence-corrected chi connectivity index (χ1v) is 6.10. The zero-order valence-electron chi connectivity index (χ0n) is 11.3. The summed E-state index contributed by atoms with van der Waals surface area (Å²) in [6.45, 7) is 0.684. The van der Waals surface area contributed by atoms with E-state index in [0.717, 1.165) is 17.7 Å². The highest BCUT2D eigenvalue weighted by atomic mass is 19.2. The van der Waals surface area contributed by atoms with Crippen LogP contribution in [0.15, 0.2) is 30.6 Å². The highest BCUT2D eigenvalue weighted by Crippen LogP contribution is 2.10. The van der Waals surface area contributed by atoms with Gasteiger partial charge in [0.1, 0.15) is 0 Å². The number of carbonyl (C=O) groups excluding carboxylic acids is 1. The molecule has 0 amide bonds. The van der Waals surface area contributed by atoms with E-state index in [1.165, 1.54) is 6.07 Å². The first-order valence-electron chi connectivity index (χ1n) is 6.10. The Balaban J connectivity index is 1.98. The van der Waals surface area contributed by atoms with Gasteiger partial charge in [0.05, 0.1) is 12.7 Å². The average Bonchev–Trinajstić information content (AvgIpc) is 2.77. The van der Waals surface area contributed by atoms with Crippen molar-refractivity contribution in [3.05, 3.63) is 53.4 Å². The summed E-state index contributed by atoms with van der Waals surface area (Å²) in [5.74, 6) is -2.22. The number of benzene rings is 1. The van der Waals surface area contributed by atoms with Crippen molar-refractivity contribution in [1.29, 1.82) is 0 Å². The predicted molar refractivity (Wildman–Crippen MR) is 70.2 cm³/mol. The number of nitrogens with zero attached hydrogens (tertiary/aromatic N) is 3.